The normalized spacial score (nSPS) is 15.4. The van der Waals surface area contributed by atoms with E-state index in [1.165, 1.54) is 5.56 Å². The Kier molecular flexibility index (Phi) is 3.96. The van der Waals surface area contributed by atoms with E-state index in [0.717, 1.165) is 25.9 Å². The van der Waals surface area contributed by atoms with E-state index in [4.69, 9.17) is 0 Å². The second kappa shape index (κ2) is 5.01. The predicted molar refractivity (Wildman–Crippen MR) is 58.3 cm³/mol. The van der Waals surface area contributed by atoms with Crippen molar-refractivity contribution in [3.8, 4) is 0 Å². The van der Waals surface area contributed by atoms with Crippen LogP contribution in [0.2, 0.25) is 0 Å². The molecule has 3 heteroatoms. The Morgan fingerprint density at radius 3 is 2.50 bits per heavy atom. The second-order valence-corrected chi connectivity index (χ2v) is 3.40. The van der Waals surface area contributed by atoms with Crippen molar-refractivity contribution in [2.24, 2.45) is 0 Å². The zero-order valence-electron chi connectivity index (χ0n) is 7.98. The van der Waals surface area contributed by atoms with Crippen LogP contribution in [0.25, 0.3) is 0 Å². The summed E-state index contributed by atoms with van der Waals surface area (Å²) in [5, 5.41) is 0. The van der Waals surface area contributed by atoms with E-state index in [-0.39, 0.29) is 12.4 Å². The van der Waals surface area contributed by atoms with Gasteiger partial charge in [-0.15, -0.1) is 12.4 Å². The molecule has 1 saturated heterocycles. The fourth-order valence-corrected chi connectivity index (χ4v) is 1.67. The highest BCUT2D eigenvalue weighted by Crippen LogP contribution is 2.13. The van der Waals surface area contributed by atoms with Gasteiger partial charge < -0.3 is 4.90 Å². The van der Waals surface area contributed by atoms with Gasteiger partial charge in [0.15, 0.2) is 0 Å². The number of nitrogens with zero attached hydrogens (tertiary/aromatic N) is 1. The third-order valence-electron chi connectivity index (χ3n) is 2.39. The van der Waals surface area contributed by atoms with Crippen molar-refractivity contribution in [2.45, 2.75) is 19.4 Å². The Morgan fingerprint density at radius 1 is 1.21 bits per heavy atom. The van der Waals surface area contributed by atoms with Crippen molar-refractivity contribution in [2.75, 3.05) is 6.54 Å². The van der Waals surface area contributed by atoms with E-state index < -0.39 is 0 Å². The van der Waals surface area contributed by atoms with Crippen LogP contribution in [-0.2, 0) is 11.3 Å². The quantitative estimate of drug-likeness (QED) is 0.735. The maximum absolute atomic E-state index is 11.3. The van der Waals surface area contributed by atoms with Gasteiger partial charge in [0.1, 0.15) is 0 Å². The molecule has 1 aliphatic rings. The first kappa shape index (κ1) is 11.1. The van der Waals surface area contributed by atoms with Gasteiger partial charge in [-0.05, 0) is 12.0 Å². The van der Waals surface area contributed by atoms with Gasteiger partial charge in [0, 0.05) is 19.5 Å². The van der Waals surface area contributed by atoms with Crippen molar-refractivity contribution in [3.63, 3.8) is 0 Å². The molecule has 0 N–H and O–H groups in total. The number of hydrogen-bond donors (Lipinski definition) is 0. The number of likely N-dealkylation sites (tertiary alicyclic amines) is 1. The molecule has 76 valence electrons. The second-order valence-electron chi connectivity index (χ2n) is 3.40. The number of benzene rings is 1. The van der Waals surface area contributed by atoms with Crippen LogP contribution in [0.5, 0.6) is 0 Å². The van der Waals surface area contributed by atoms with Crippen molar-refractivity contribution in [1.82, 2.24) is 4.90 Å². The molecule has 1 aromatic rings. The molecule has 14 heavy (non-hydrogen) atoms. The Hall–Kier alpha value is -1.02. The third kappa shape index (κ3) is 2.48. The van der Waals surface area contributed by atoms with Gasteiger partial charge in [0.25, 0.3) is 0 Å². The number of rotatable bonds is 2. The summed E-state index contributed by atoms with van der Waals surface area (Å²) in [5.74, 6) is 0.295. The van der Waals surface area contributed by atoms with Crippen LogP contribution in [0.1, 0.15) is 18.4 Å². The fraction of sp³-hybridized carbons (Fsp3) is 0.364. The summed E-state index contributed by atoms with van der Waals surface area (Å²) in [4.78, 5) is 13.2. The summed E-state index contributed by atoms with van der Waals surface area (Å²) in [6.45, 7) is 1.70. The highest BCUT2D eigenvalue weighted by atomic mass is 35.5. The largest absolute Gasteiger partial charge is 0.338 e. The van der Waals surface area contributed by atoms with E-state index >= 15 is 0 Å². The first-order valence-electron chi connectivity index (χ1n) is 4.68. The van der Waals surface area contributed by atoms with Gasteiger partial charge in [-0.3, -0.25) is 4.79 Å². The molecule has 1 amide bonds. The van der Waals surface area contributed by atoms with E-state index in [1.807, 2.05) is 23.1 Å². The minimum absolute atomic E-state index is 0. The van der Waals surface area contributed by atoms with Crippen molar-refractivity contribution in [1.29, 1.82) is 0 Å². The van der Waals surface area contributed by atoms with Crippen molar-refractivity contribution in [3.05, 3.63) is 35.9 Å². The summed E-state index contributed by atoms with van der Waals surface area (Å²) >= 11 is 0. The minimum Gasteiger partial charge on any atom is -0.338 e. The smallest absolute Gasteiger partial charge is 0.222 e. The lowest BCUT2D eigenvalue weighted by Gasteiger charge is -2.14. The first-order valence-corrected chi connectivity index (χ1v) is 4.68. The molecule has 0 aromatic heterocycles. The lowest BCUT2D eigenvalue weighted by molar-refractivity contribution is -0.128. The SMILES string of the molecule is Cl.O=C1CCCN1Cc1ccccc1. The molecule has 1 fully saturated rings. The molecule has 0 unspecified atom stereocenters. The van der Waals surface area contributed by atoms with E-state index in [9.17, 15) is 4.79 Å². The van der Waals surface area contributed by atoms with Gasteiger partial charge in [-0.25, -0.2) is 0 Å². The van der Waals surface area contributed by atoms with Crippen molar-refractivity contribution >= 4 is 18.3 Å². The van der Waals surface area contributed by atoms with Crippen LogP contribution in [0.4, 0.5) is 0 Å². The van der Waals surface area contributed by atoms with E-state index in [1.54, 1.807) is 0 Å². The van der Waals surface area contributed by atoms with Crippen LogP contribution >= 0.6 is 12.4 Å². The fourth-order valence-electron chi connectivity index (χ4n) is 1.67. The van der Waals surface area contributed by atoms with Crippen LogP contribution in [-0.4, -0.2) is 17.4 Å². The molecule has 0 saturated carbocycles. The highest BCUT2D eigenvalue weighted by molar-refractivity contribution is 5.85. The van der Waals surface area contributed by atoms with Gasteiger partial charge in [0.2, 0.25) is 5.91 Å². The molecule has 1 aromatic carbocycles. The molecular formula is C11H14ClNO. The maximum atomic E-state index is 11.3. The van der Waals surface area contributed by atoms with Crippen LogP contribution < -0.4 is 0 Å². The number of hydrogen-bond acceptors (Lipinski definition) is 1. The lowest BCUT2D eigenvalue weighted by Crippen LogP contribution is -2.23. The van der Waals surface area contributed by atoms with Crippen LogP contribution in [0.15, 0.2) is 30.3 Å². The number of carbonyl (C=O) groups is 1. The van der Waals surface area contributed by atoms with Gasteiger partial charge in [-0.2, -0.15) is 0 Å². The monoisotopic (exact) mass is 211 g/mol. The minimum atomic E-state index is 0. The number of amides is 1. The van der Waals surface area contributed by atoms with Gasteiger partial charge >= 0.3 is 0 Å². The Morgan fingerprint density at radius 2 is 1.93 bits per heavy atom. The third-order valence-corrected chi connectivity index (χ3v) is 2.39. The Bertz CT molecular complexity index is 299. The summed E-state index contributed by atoms with van der Waals surface area (Å²) in [5.41, 5.74) is 1.22. The average Bonchev–Trinajstić information content (AvgIpc) is 2.54. The zero-order chi connectivity index (χ0) is 9.10. The summed E-state index contributed by atoms with van der Waals surface area (Å²) in [7, 11) is 0. The average molecular weight is 212 g/mol. The highest BCUT2D eigenvalue weighted by Gasteiger charge is 2.19. The van der Waals surface area contributed by atoms with Gasteiger partial charge in [-0.1, -0.05) is 30.3 Å². The Balaban J connectivity index is 0.000000980. The van der Waals surface area contributed by atoms with Gasteiger partial charge in [0.05, 0.1) is 0 Å². The number of halogens is 1. The predicted octanol–water partition coefficient (Wildman–Crippen LogP) is 2.23. The number of carbonyl (C=O) groups excluding carboxylic acids is 1. The zero-order valence-corrected chi connectivity index (χ0v) is 8.80. The van der Waals surface area contributed by atoms with E-state index in [2.05, 4.69) is 12.1 Å². The molecule has 1 heterocycles. The molecule has 0 radical (unpaired) electrons. The molecule has 0 aliphatic carbocycles. The van der Waals surface area contributed by atoms with Crippen LogP contribution in [0.3, 0.4) is 0 Å². The molecule has 0 spiro atoms. The molecule has 0 bridgehead atoms. The maximum Gasteiger partial charge on any atom is 0.222 e. The van der Waals surface area contributed by atoms with Crippen molar-refractivity contribution < 1.29 is 4.79 Å². The van der Waals surface area contributed by atoms with E-state index in [0.29, 0.717) is 5.91 Å². The lowest BCUT2D eigenvalue weighted by atomic mass is 10.2. The molecule has 1 aliphatic heterocycles. The summed E-state index contributed by atoms with van der Waals surface area (Å²) in [6, 6.07) is 10.1. The molecule has 0 atom stereocenters. The standard InChI is InChI=1S/C11H13NO.ClH/c13-11-7-4-8-12(11)9-10-5-2-1-3-6-10;/h1-3,5-6H,4,7-9H2;1H. The summed E-state index contributed by atoms with van der Waals surface area (Å²) < 4.78 is 0. The molecular weight excluding hydrogens is 198 g/mol. The summed E-state index contributed by atoms with van der Waals surface area (Å²) in [6.07, 6.45) is 1.75. The van der Waals surface area contributed by atoms with Crippen LogP contribution in [0, 0.1) is 0 Å². The first-order chi connectivity index (χ1) is 6.36. The molecule has 2 rings (SSSR count). The molecule has 2 nitrogen and oxygen atoms in total. The topological polar surface area (TPSA) is 20.3 Å². The Labute approximate surface area is 90.3 Å².